The van der Waals surface area contributed by atoms with Gasteiger partial charge in [0.25, 0.3) is 0 Å². The summed E-state index contributed by atoms with van der Waals surface area (Å²) in [6, 6.07) is 9.59. The molecule has 1 aliphatic rings. The van der Waals surface area contributed by atoms with E-state index in [4.69, 9.17) is 4.74 Å². The highest BCUT2D eigenvalue weighted by Gasteiger charge is 2.34. The van der Waals surface area contributed by atoms with Crippen LogP contribution in [0.25, 0.3) is 0 Å². The molecule has 0 spiro atoms. The Morgan fingerprint density at radius 1 is 1.39 bits per heavy atom. The van der Waals surface area contributed by atoms with E-state index in [1.807, 2.05) is 30.3 Å². The van der Waals surface area contributed by atoms with Crippen LogP contribution in [0.4, 0.5) is 4.79 Å². The molecule has 1 atom stereocenters. The Labute approximate surface area is 107 Å². The van der Waals surface area contributed by atoms with Crippen LogP contribution in [0.15, 0.2) is 30.3 Å². The third-order valence-corrected chi connectivity index (χ3v) is 3.13. The Morgan fingerprint density at radius 2 is 2.11 bits per heavy atom. The monoisotopic (exact) mass is 247 g/mol. The first-order chi connectivity index (χ1) is 8.74. The lowest BCUT2D eigenvalue weighted by Gasteiger charge is -2.30. The summed E-state index contributed by atoms with van der Waals surface area (Å²) in [5.74, 6) is -0.366. The lowest BCUT2D eigenvalue weighted by molar-refractivity contribution is -0.133. The van der Waals surface area contributed by atoms with E-state index in [-0.39, 0.29) is 11.8 Å². The first kappa shape index (κ1) is 12.6. The number of carbonyl (C=O) groups is 2. The van der Waals surface area contributed by atoms with Crippen LogP contribution >= 0.6 is 0 Å². The average molecular weight is 247 g/mol. The van der Waals surface area contributed by atoms with Gasteiger partial charge in [-0.15, -0.1) is 0 Å². The minimum absolute atomic E-state index is 0.147. The molecule has 1 saturated heterocycles. The molecule has 0 aliphatic carbocycles. The zero-order chi connectivity index (χ0) is 13.0. The fourth-order valence-electron chi connectivity index (χ4n) is 2.25. The predicted molar refractivity (Wildman–Crippen MR) is 67.2 cm³/mol. The van der Waals surface area contributed by atoms with Crippen molar-refractivity contribution in [2.24, 2.45) is 0 Å². The number of likely N-dealkylation sites (tertiary alicyclic amines) is 1. The molecule has 1 heterocycles. The van der Waals surface area contributed by atoms with Crippen LogP contribution in [0, 0.1) is 0 Å². The summed E-state index contributed by atoms with van der Waals surface area (Å²) in [4.78, 5) is 25.2. The molecule has 0 radical (unpaired) electrons. The van der Waals surface area contributed by atoms with Crippen LogP contribution in [-0.2, 0) is 9.53 Å². The average Bonchev–Trinajstić information content (AvgIpc) is 2.40. The molecule has 0 saturated carbocycles. The molecular formula is C14H17NO3. The highest BCUT2D eigenvalue weighted by atomic mass is 16.6. The Morgan fingerprint density at radius 3 is 2.78 bits per heavy atom. The van der Waals surface area contributed by atoms with Gasteiger partial charge in [-0.05, 0) is 25.3 Å². The van der Waals surface area contributed by atoms with Crippen molar-refractivity contribution in [3.8, 4) is 0 Å². The van der Waals surface area contributed by atoms with Gasteiger partial charge in [-0.3, -0.25) is 4.79 Å². The highest BCUT2D eigenvalue weighted by Crippen LogP contribution is 2.28. The molecule has 1 fully saturated rings. The molecule has 4 heteroatoms. The summed E-state index contributed by atoms with van der Waals surface area (Å²) in [5, 5.41) is 0. The molecule has 1 aromatic rings. The molecule has 2 amide bonds. The number of hydrogen-bond acceptors (Lipinski definition) is 3. The van der Waals surface area contributed by atoms with Crippen molar-refractivity contribution in [3.63, 3.8) is 0 Å². The van der Waals surface area contributed by atoms with Gasteiger partial charge in [0.2, 0.25) is 5.91 Å². The number of carbonyl (C=O) groups excluding carboxylic acids is 2. The summed E-state index contributed by atoms with van der Waals surface area (Å²) < 4.78 is 4.90. The highest BCUT2D eigenvalue weighted by molar-refractivity contribution is 5.96. The molecule has 1 unspecified atom stereocenters. The van der Waals surface area contributed by atoms with E-state index in [9.17, 15) is 9.59 Å². The predicted octanol–water partition coefficient (Wildman–Crippen LogP) is 2.55. The number of ether oxygens (including phenoxy) is 1. The molecule has 0 aromatic heterocycles. The maximum Gasteiger partial charge on any atom is 0.416 e. The minimum atomic E-state index is -0.525. The Bertz CT molecular complexity index is 430. The van der Waals surface area contributed by atoms with Gasteiger partial charge in [-0.25, -0.2) is 9.69 Å². The van der Waals surface area contributed by atoms with E-state index in [0.717, 1.165) is 18.4 Å². The first-order valence-electron chi connectivity index (χ1n) is 6.27. The number of benzene rings is 1. The summed E-state index contributed by atoms with van der Waals surface area (Å²) in [6.07, 6.45) is 1.09. The van der Waals surface area contributed by atoms with Gasteiger partial charge in [-0.2, -0.15) is 0 Å². The van der Waals surface area contributed by atoms with Crippen LogP contribution < -0.4 is 0 Å². The quantitative estimate of drug-likeness (QED) is 0.806. The smallest absolute Gasteiger partial charge is 0.416 e. The van der Waals surface area contributed by atoms with Gasteiger partial charge in [0.1, 0.15) is 0 Å². The second-order valence-corrected chi connectivity index (χ2v) is 4.29. The van der Waals surface area contributed by atoms with Gasteiger partial charge in [-0.1, -0.05) is 30.3 Å². The zero-order valence-electron chi connectivity index (χ0n) is 10.5. The number of rotatable bonds is 2. The molecule has 0 bridgehead atoms. The first-order valence-corrected chi connectivity index (χ1v) is 6.27. The Balaban J connectivity index is 2.15. The molecule has 1 aromatic carbocycles. The third kappa shape index (κ3) is 2.53. The van der Waals surface area contributed by atoms with Gasteiger partial charge < -0.3 is 4.74 Å². The molecule has 1 aliphatic heterocycles. The zero-order valence-corrected chi connectivity index (χ0v) is 10.5. The van der Waals surface area contributed by atoms with E-state index in [2.05, 4.69) is 0 Å². The van der Waals surface area contributed by atoms with E-state index < -0.39 is 6.09 Å². The number of piperidine rings is 1. The fourth-order valence-corrected chi connectivity index (χ4v) is 2.25. The summed E-state index contributed by atoms with van der Waals surface area (Å²) in [7, 11) is 0. The minimum Gasteiger partial charge on any atom is -0.449 e. The lowest BCUT2D eigenvalue weighted by Crippen LogP contribution is -2.44. The summed E-state index contributed by atoms with van der Waals surface area (Å²) in [6.45, 7) is 2.49. The number of amides is 2. The molecule has 96 valence electrons. The van der Waals surface area contributed by atoms with Crippen molar-refractivity contribution >= 4 is 12.0 Å². The van der Waals surface area contributed by atoms with Crippen molar-refractivity contribution in [2.45, 2.75) is 25.7 Å². The SMILES string of the molecule is CCOC(=O)N1CCCC(c2ccccc2)C1=O. The van der Waals surface area contributed by atoms with Gasteiger partial charge >= 0.3 is 6.09 Å². The van der Waals surface area contributed by atoms with Gasteiger partial charge in [0, 0.05) is 6.54 Å². The van der Waals surface area contributed by atoms with Crippen molar-refractivity contribution < 1.29 is 14.3 Å². The Hall–Kier alpha value is -1.84. The number of imide groups is 1. The van der Waals surface area contributed by atoms with Crippen LogP contribution in [0.2, 0.25) is 0 Å². The van der Waals surface area contributed by atoms with E-state index in [0.29, 0.717) is 13.2 Å². The van der Waals surface area contributed by atoms with Crippen LogP contribution in [0.1, 0.15) is 31.2 Å². The summed E-state index contributed by atoms with van der Waals surface area (Å²) in [5.41, 5.74) is 0.969. The van der Waals surface area contributed by atoms with Crippen LogP contribution in [-0.4, -0.2) is 30.1 Å². The van der Waals surface area contributed by atoms with E-state index in [1.54, 1.807) is 6.92 Å². The van der Waals surface area contributed by atoms with Crippen molar-refractivity contribution in [1.29, 1.82) is 0 Å². The van der Waals surface area contributed by atoms with Crippen LogP contribution in [0.5, 0.6) is 0 Å². The van der Waals surface area contributed by atoms with Gasteiger partial charge in [0.05, 0.1) is 12.5 Å². The van der Waals surface area contributed by atoms with Crippen molar-refractivity contribution in [1.82, 2.24) is 4.90 Å². The topological polar surface area (TPSA) is 46.6 Å². The van der Waals surface area contributed by atoms with Crippen molar-refractivity contribution in [2.75, 3.05) is 13.2 Å². The maximum atomic E-state index is 12.3. The summed E-state index contributed by atoms with van der Waals surface area (Å²) >= 11 is 0. The van der Waals surface area contributed by atoms with Crippen LogP contribution in [0.3, 0.4) is 0 Å². The molecule has 4 nitrogen and oxygen atoms in total. The second-order valence-electron chi connectivity index (χ2n) is 4.29. The number of nitrogens with zero attached hydrogens (tertiary/aromatic N) is 1. The maximum absolute atomic E-state index is 12.3. The molecule has 0 N–H and O–H groups in total. The van der Waals surface area contributed by atoms with E-state index >= 15 is 0 Å². The number of hydrogen-bond donors (Lipinski definition) is 0. The lowest BCUT2D eigenvalue weighted by atomic mass is 9.90. The molecule has 2 rings (SSSR count). The molecule has 18 heavy (non-hydrogen) atoms. The fraction of sp³-hybridized carbons (Fsp3) is 0.429. The second kappa shape index (κ2) is 5.67. The van der Waals surface area contributed by atoms with E-state index in [1.165, 1.54) is 4.90 Å². The Kier molecular flexibility index (Phi) is 3.97. The third-order valence-electron chi connectivity index (χ3n) is 3.13. The van der Waals surface area contributed by atoms with Gasteiger partial charge in [0.15, 0.2) is 0 Å². The largest absolute Gasteiger partial charge is 0.449 e. The van der Waals surface area contributed by atoms with Crippen molar-refractivity contribution in [3.05, 3.63) is 35.9 Å². The molecular weight excluding hydrogens is 230 g/mol. The normalized spacial score (nSPS) is 19.7. The standard InChI is InChI=1S/C14H17NO3/c1-2-18-14(17)15-10-6-9-12(13(15)16)11-7-4-3-5-8-11/h3-5,7-8,12H,2,6,9-10H2,1H3.